The van der Waals surface area contributed by atoms with Crippen LogP contribution in [0.5, 0.6) is 5.75 Å². The van der Waals surface area contributed by atoms with E-state index in [1.54, 1.807) is 25.1 Å². The SMILES string of the molecule is Cc1nc2ccc(Br)cc2c(=O)n1N=Cc1cc(Cl)c(OCC(=O)O)c([N+](=O)[O-])c1. The van der Waals surface area contributed by atoms with Crippen LogP contribution in [0.2, 0.25) is 5.02 Å². The summed E-state index contributed by atoms with van der Waals surface area (Å²) in [5.41, 5.74) is -0.243. The average Bonchev–Trinajstić information content (AvgIpc) is 2.67. The summed E-state index contributed by atoms with van der Waals surface area (Å²) >= 11 is 9.33. The van der Waals surface area contributed by atoms with E-state index < -0.39 is 28.7 Å². The molecule has 1 heterocycles. The van der Waals surface area contributed by atoms with Crippen molar-refractivity contribution < 1.29 is 19.6 Å². The summed E-state index contributed by atoms with van der Waals surface area (Å²) in [6.45, 7) is 0.805. The van der Waals surface area contributed by atoms with Crippen molar-refractivity contribution in [2.45, 2.75) is 6.92 Å². The second-order valence-electron chi connectivity index (χ2n) is 5.97. The minimum Gasteiger partial charge on any atom is -0.479 e. The van der Waals surface area contributed by atoms with Crippen LogP contribution in [0, 0.1) is 17.0 Å². The number of fused-ring (bicyclic) bond motifs is 1. The van der Waals surface area contributed by atoms with Gasteiger partial charge in [-0.1, -0.05) is 27.5 Å². The number of carboxylic acid groups (broad SMARTS) is 1. The highest BCUT2D eigenvalue weighted by Crippen LogP contribution is 2.35. The Labute approximate surface area is 181 Å². The number of hydrogen-bond donors (Lipinski definition) is 1. The zero-order valence-corrected chi connectivity index (χ0v) is 17.5. The predicted molar refractivity (Wildman–Crippen MR) is 113 cm³/mol. The maximum Gasteiger partial charge on any atom is 0.341 e. The van der Waals surface area contributed by atoms with Gasteiger partial charge in [0.1, 0.15) is 5.82 Å². The fourth-order valence-electron chi connectivity index (χ4n) is 2.61. The number of halogens is 2. The van der Waals surface area contributed by atoms with Crippen molar-refractivity contribution in [2.24, 2.45) is 5.10 Å². The lowest BCUT2D eigenvalue weighted by Crippen LogP contribution is -2.20. The molecule has 2 aromatic carbocycles. The van der Waals surface area contributed by atoms with Gasteiger partial charge in [0.2, 0.25) is 5.75 Å². The number of ether oxygens (including phenoxy) is 1. The van der Waals surface area contributed by atoms with E-state index in [9.17, 15) is 19.7 Å². The lowest BCUT2D eigenvalue weighted by molar-refractivity contribution is -0.385. The Morgan fingerprint density at radius 3 is 2.83 bits per heavy atom. The maximum atomic E-state index is 12.7. The van der Waals surface area contributed by atoms with Crippen molar-refractivity contribution >= 4 is 56.3 Å². The van der Waals surface area contributed by atoms with Gasteiger partial charge in [-0.25, -0.2) is 9.78 Å². The molecule has 0 saturated heterocycles. The number of carbonyl (C=O) groups is 1. The molecule has 3 aromatic rings. The molecule has 0 atom stereocenters. The van der Waals surface area contributed by atoms with Gasteiger partial charge >= 0.3 is 11.7 Å². The number of rotatable bonds is 6. The highest BCUT2D eigenvalue weighted by molar-refractivity contribution is 9.10. The van der Waals surface area contributed by atoms with E-state index in [0.29, 0.717) is 21.2 Å². The first-order valence-corrected chi connectivity index (χ1v) is 9.40. The topological polar surface area (TPSA) is 137 Å². The van der Waals surface area contributed by atoms with E-state index in [1.165, 1.54) is 12.3 Å². The first-order valence-electron chi connectivity index (χ1n) is 8.23. The number of benzene rings is 2. The third kappa shape index (κ3) is 4.47. The Bertz CT molecular complexity index is 1270. The van der Waals surface area contributed by atoms with Gasteiger partial charge in [-0.05, 0) is 31.2 Å². The summed E-state index contributed by atoms with van der Waals surface area (Å²) in [6, 6.07) is 7.49. The lowest BCUT2D eigenvalue weighted by atomic mass is 10.2. The second-order valence-corrected chi connectivity index (χ2v) is 7.30. The Morgan fingerprint density at radius 1 is 1.43 bits per heavy atom. The Hall–Kier alpha value is -3.31. The van der Waals surface area contributed by atoms with Gasteiger partial charge in [-0.3, -0.25) is 14.9 Å². The summed E-state index contributed by atoms with van der Waals surface area (Å²) in [6.07, 6.45) is 1.21. The van der Waals surface area contributed by atoms with Crippen molar-refractivity contribution in [1.82, 2.24) is 9.66 Å². The number of hydrogen-bond acceptors (Lipinski definition) is 7. The minimum absolute atomic E-state index is 0.170. The Balaban J connectivity index is 2.05. The predicted octanol–water partition coefficient (Wildman–Crippen LogP) is 3.37. The van der Waals surface area contributed by atoms with E-state index in [2.05, 4.69) is 26.0 Å². The molecule has 30 heavy (non-hydrogen) atoms. The molecule has 12 heteroatoms. The van der Waals surface area contributed by atoms with Crippen molar-refractivity contribution in [3.8, 4) is 5.75 Å². The third-order valence-corrected chi connectivity index (χ3v) is 4.65. The standard InChI is InChI=1S/C18H12BrClN4O6/c1-9-22-14-3-2-11(19)6-12(14)18(27)23(9)21-7-10-4-13(20)17(30-8-16(25)26)15(5-10)24(28)29/h2-7H,8H2,1H3,(H,25,26). The van der Waals surface area contributed by atoms with E-state index in [0.717, 1.165) is 10.7 Å². The lowest BCUT2D eigenvalue weighted by Gasteiger charge is -2.08. The van der Waals surface area contributed by atoms with Crippen LogP contribution in [0.25, 0.3) is 10.9 Å². The van der Waals surface area contributed by atoms with Crippen LogP contribution in [-0.4, -0.2) is 38.5 Å². The molecule has 0 amide bonds. The van der Waals surface area contributed by atoms with Crippen LogP contribution in [0.15, 0.2) is 44.7 Å². The molecular formula is C18H12BrClN4O6. The van der Waals surface area contributed by atoms with E-state index in [4.69, 9.17) is 21.4 Å². The van der Waals surface area contributed by atoms with Crippen molar-refractivity contribution in [1.29, 1.82) is 0 Å². The molecule has 0 spiro atoms. The van der Waals surface area contributed by atoms with Crippen molar-refractivity contribution in [2.75, 3.05) is 6.61 Å². The largest absolute Gasteiger partial charge is 0.479 e. The molecule has 0 aliphatic carbocycles. The zero-order valence-electron chi connectivity index (χ0n) is 15.2. The molecule has 0 bridgehead atoms. The molecule has 1 N–H and O–H groups in total. The molecule has 0 fully saturated rings. The molecule has 0 aliphatic heterocycles. The summed E-state index contributed by atoms with van der Waals surface area (Å²) in [5.74, 6) is -1.36. The van der Waals surface area contributed by atoms with Gasteiger partial charge < -0.3 is 9.84 Å². The molecule has 0 aliphatic rings. The summed E-state index contributed by atoms with van der Waals surface area (Å²) in [7, 11) is 0. The number of nitro groups is 1. The molecule has 0 radical (unpaired) electrons. The molecule has 0 unspecified atom stereocenters. The number of aryl methyl sites for hydroxylation is 1. The summed E-state index contributed by atoms with van der Waals surface area (Å²) in [4.78, 5) is 38.3. The number of aromatic nitrogens is 2. The van der Waals surface area contributed by atoms with Gasteiger partial charge in [0.25, 0.3) is 5.56 Å². The summed E-state index contributed by atoms with van der Waals surface area (Å²) in [5, 5.41) is 24.3. The Morgan fingerprint density at radius 2 is 2.17 bits per heavy atom. The molecule has 1 aromatic heterocycles. The van der Waals surface area contributed by atoms with Gasteiger partial charge in [0.05, 0.1) is 27.1 Å². The monoisotopic (exact) mass is 494 g/mol. The van der Waals surface area contributed by atoms with Gasteiger partial charge in [-0.15, -0.1) is 0 Å². The highest BCUT2D eigenvalue weighted by Gasteiger charge is 2.21. The van der Waals surface area contributed by atoms with Crippen molar-refractivity contribution in [3.05, 3.63) is 71.7 Å². The van der Waals surface area contributed by atoms with E-state index in [-0.39, 0.29) is 16.3 Å². The maximum absolute atomic E-state index is 12.7. The van der Waals surface area contributed by atoms with Crippen LogP contribution < -0.4 is 10.3 Å². The van der Waals surface area contributed by atoms with Gasteiger partial charge in [0, 0.05) is 16.1 Å². The molecule has 154 valence electrons. The summed E-state index contributed by atoms with van der Waals surface area (Å²) < 4.78 is 6.68. The van der Waals surface area contributed by atoms with Crippen LogP contribution in [0.4, 0.5) is 5.69 Å². The smallest absolute Gasteiger partial charge is 0.341 e. The van der Waals surface area contributed by atoms with Crippen LogP contribution in [0.1, 0.15) is 11.4 Å². The molecule has 10 nitrogen and oxygen atoms in total. The molecule has 0 saturated carbocycles. The van der Waals surface area contributed by atoms with Crippen molar-refractivity contribution in [3.63, 3.8) is 0 Å². The van der Waals surface area contributed by atoms with Gasteiger partial charge in [0.15, 0.2) is 6.61 Å². The van der Waals surface area contributed by atoms with E-state index >= 15 is 0 Å². The van der Waals surface area contributed by atoms with Gasteiger partial charge in [-0.2, -0.15) is 9.78 Å². The highest BCUT2D eigenvalue weighted by atomic mass is 79.9. The van der Waals surface area contributed by atoms with E-state index in [1.807, 2.05) is 0 Å². The number of nitrogens with zero attached hydrogens (tertiary/aromatic N) is 4. The second kappa shape index (κ2) is 8.59. The van der Waals surface area contributed by atoms with Crippen LogP contribution in [-0.2, 0) is 4.79 Å². The molecular weight excluding hydrogens is 484 g/mol. The minimum atomic E-state index is -1.31. The van der Waals surface area contributed by atoms with Crippen LogP contribution >= 0.6 is 27.5 Å². The number of carboxylic acids is 1. The fourth-order valence-corrected chi connectivity index (χ4v) is 3.24. The zero-order chi connectivity index (χ0) is 22.0. The fraction of sp³-hybridized carbons (Fsp3) is 0.111. The first-order chi connectivity index (χ1) is 14.2. The third-order valence-electron chi connectivity index (χ3n) is 3.88. The normalized spacial score (nSPS) is 11.2. The molecule has 3 rings (SSSR count). The van der Waals surface area contributed by atoms with Crippen LogP contribution in [0.3, 0.4) is 0 Å². The number of nitro benzene ring substituents is 1. The average molecular weight is 496 g/mol. The first kappa shape index (κ1) is 21.4. The number of aliphatic carboxylic acids is 1. The quantitative estimate of drug-likeness (QED) is 0.314. The Kier molecular flexibility index (Phi) is 6.13.